The van der Waals surface area contributed by atoms with Crippen LogP contribution in [-0.4, -0.2) is 23.3 Å². The van der Waals surface area contributed by atoms with Crippen molar-refractivity contribution in [2.75, 3.05) is 6.54 Å². The molecule has 0 unspecified atom stereocenters. The van der Waals surface area contributed by atoms with E-state index in [1.165, 1.54) is 30.2 Å². The van der Waals surface area contributed by atoms with E-state index in [0.717, 1.165) is 19.3 Å². The zero-order valence-corrected chi connectivity index (χ0v) is 11.3. The molecule has 0 radical (unpaired) electrons. The fourth-order valence-electron chi connectivity index (χ4n) is 1.67. The number of hydrogen-bond acceptors (Lipinski definition) is 2. The largest absolute Gasteiger partial charge is 0.364 e. The first-order valence-corrected chi connectivity index (χ1v) is 6.47. The second-order valence-corrected chi connectivity index (χ2v) is 4.27. The quantitative estimate of drug-likeness (QED) is 0.479. The van der Waals surface area contributed by atoms with Crippen molar-refractivity contribution in [1.82, 2.24) is 4.90 Å². The molecule has 0 bridgehead atoms. The van der Waals surface area contributed by atoms with Crippen molar-refractivity contribution in [1.29, 1.82) is 0 Å². The summed E-state index contributed by atoms with van der Waals surface area (Å²) in [5, 5.41) is 0. The van der Waals surface area contributed by atoms with E-state index in [-0.39, 0.29) is 11.6 Å². The summed E-state index contributed by atoms with van der Waals surface area (Å²) in [6.07, 6.45) is 7.85. The summed E-state index contributed by atoms with van der Waals surface area (Å²) in [6, 6.07) is 0. The molecule has 0 heterocycles. The standard InChI is InChI=1S/C14H24N2O2/c1-4-6-7-8-9-10-11-16(13(17)5-2)12(3)14(15)18/h5H,2-4,6-11H2,1H3,(H2,15,18). The third-order valence-electron chi connectivity index (χ3n) is 2.79. The normalized spacial score (nSPS) is 9.83. The van der Waals surface area contributed by atoms with Crippen LogP contribution < -0.4 is 5.73 Å². The van der Waals surface area contributed by atoms with Gasteiger partial charge in [-0.2, -0.15) is 0 Å². The molecule has 0 atom stereocenters. The molecule has 102 valence electrons. The van der Waals surface area contributed by atoms with Gasteiger partial charge in [0.15, 0.2) is 0 Å². The maximum absolute atomic E-state index is 11.6. The number of amides is 2. The van der Waals surface area contributed by atoms with Crippen molar-refractivity contribution < 1.29 is 9.59 Å². The molecular weight excluding hydrogens is 228 g/mol. The summed E-state index contributed by atoms with van der Waals surface area (Å²) in [4.78, 5) is 23.9. The Morgan fingerprint density at radius 1 is 1.17 bits per heavy atom. The van der Waals surface area contributed by atoms with Gasteiger partial charge in [0, 0.05) is 6.54 Å². The van der Waals surface area contributed by atoms with E-state index in [1.807, 2.05) is 0 Å². The van der Waals surface area contributed by atoms with E-state index in [0.29, 0.717) is 6.54 Å². The van der Waals surface area contributed by atoms with Gasteiger partial charge in [-0.3, -0.25) is 9.59 Å². The Bertz CT molecular complexity index is 311. The molecule has 0 aliphatic rings. The molecule has 0 rings (SSSR count). The lowest BCUT2D eigenvalue weighted by Gasteiger charge is -2.21. The van der Waals surface area contributed by atoms with Gasteiger partial charge >= 0.3 is 0 Å². The highest BCUT2D eigenvalue weighted by Crippen LogP contribution is 2.09. The monoisotopic (exact) mass is 252 g/mol. The van der Waals surface area contributed by atoms with Crippen LogP contribution in [0.4, 0.5) is 0 Å². The van der Waals surface area contributed by atoms with Crippen LogP contribution in [0.15, 0.2) is 24.9 Å². The average Bonchev–Trinajstić information content (AvgIpc) is 2.36. The molecule has 18 heavy (non-hydrogen) atoms. The number of rotatable bonds is 10. The lowest BCUT2D eigenvalue weighted by Crippen LogP contribution is -2.35. The fraction of sp³-hybridized carbons (Fsp3) is 0.571. The molecule has 0 aromatic carbocycles. The van der Waals surface area contributed by atoms with Gasteiger partial charge in [-0.15, -0.1) is 0 Å². The number of carbonyl (C=O) groups is 2. The van der Waals surface area contributed by atoms with Crippen LogP contribution in [0.3, 0.4) is 0 Å². The summed E-state index contributed by atoms with van der Waals surface area (Å²) in [6.45, 7) is 9.58. The zero-order chi connectivity index (χ0) is 14.0. The number of nitrogens with zero attached hydrogens (tertiary/aromatic N) is 1. The Kier molecular flexibility index (Phi) is 8.62. The molecule has 4 nitrogen and oxygen atoms in total. The molecule has 2 amide bonds. The molecule has 2 N–H and O–H groups in total. The van der Waals surface area contributed by atoms with Crippen LogP contribution >= 0.6 is 0 Å². The average molecular weight is 252 g/mol. The molecule has 0 saturated carbocycles. The highest BCUT2D eigenvalue weighted by Gasteiger charge is 2.17. The van der Waals surface area contributed by atoms with Crippen molar-refractivity contribution in [3.63, 3.8) is 0 Å². The van der Waals surface area contributed by atoms with Crippen molar-refractivity contribution in [2.45, 2.75) is 45.4 Å². The number of hydrogen-bond donors (Lipinski definition) is 1. The van der Waals surface area contributed by atoms with Gasteiger partial charge in [-0.05, 0) is 12.5 Å². The van der Waals surface area contributed by atoms with Gasteiger partial charge in [0.2, 0.25) is 0 Å². The van der Waals surface area contributed by atoms with Crippen molar-refractivity contribution in [3.05, 3.63) is 24.9 Å². The zero-order valence-electron chi connectivity index (χ0n) is 11.3. The molecule has 4 heteroatoms. The summed E-state index contributed by atoms with van der Waals surface area (Å²) in [5.41, 5.74) is 5.17. The predicted octanol–water partition coefficient (Wildman–Crippen LogP) is 2.36. The maximum Gasteiger partial charge on any atom is 0.264 e. The number of unbranched alkanes of at least 4 members (excludes halogenated alkanes) is 5. The van der Waals surface area contributed by atoms with Crippen molar-refractivity contribution in [2.24, 2.45) is 5.73 Å². The van der Waals surface area contributed by atoms with Gasteiger partial charge in [0.1, 0.15) is 5.70 Å². The topological polar surface area (TPSA) is 63.4 Å². The molecular formula is C14H24N2O2. The van der Waals surface area contributed by atoms with E-state index in [2.05, 4.69) is 20.1 Å². The highest BCUT2D eigenvalue weighted by molar-refractivity contribution is 5.98. The van der Waals surface area contributed by atoms with Crippen molar-refractivity contribution >= 4 is 11.8 Å². The minimum Gasteiger partial charge on any atom is -0.364 e. The van der Waals surface area contributed by atoms with Gasteiger partial charge in [0.25, 0.3) is 11.8 Å². The van der Waals surface area contributed by atoms with Crippen LogP contribution in [0, 0.1) is 0 Å². The van der Waals surface area contributed by atoms with Crippen LogP contribution in [0.1, 0.15) is 45.4 Å². The first-order chi connectivity index (χ1) is 8.54. The number of carbonyl (C=O) groups excluding carboxylic acids is 2. The predicted molar refractivity (Wildman–Crippen MR) is 73.6 cm³/mol. The Hall–Kier alpha value is -1.58. The second kappa shape index (κ2) is 9.45. The molecule has 0 aliphatic heterocycles. The van der Waals surface area contributed by atoms with E-state index in [1.54, 1.807) is 0 Å². The smallest absolute Gasteiger partial charge is 0.264 e. The number of nitrogens with two attached hydrogens (primary N) is 1. The first kappa shape index (κ1) is 16.4. The van der Waals surface area contributed by atoms with E-state index < -0.39 is 5.91 Å². The fourth-order valence-corrected chi connectivity index (χ4v) is 1.67. The molecule has 0 fully saturated rings. The summed E-state index contributed by atoms with van der Waals surface area (Å²) < 4.78 is 0. The minimum absolute atomic E-state index is 0.0356. The van der Waals surface area contributed by atoms with Gasteiger partial charge in [-0.25, -0.2) is 0 Å². The summed E-state index contributed by atoms with van der Waals surface area (Å²) >= 11 is 0. The molecule has 0 saturated heterocycles. The summed E-state index contributed by atoms with van der Waals surface area (Å²) in [7, 11) is 0. The van der Waals surface area contributed by atoms with E-state index in [9.17, 15) is 9.59 Å². The van der Waals surface area contributed by atoms with Gasteiger partial charge in [0.05, 0.1) is 0 Å². The Balaban J connectivity index is 4.11. The lowest BCUT2D eigenvalue weighted by molar-refractivity contribution is -0.127. The SMILES string of the molecule is C=CC(=O)N(CCCCCCCC)C(=C)C(N)=O. The molecule has 0 spiro atoms. The van der Waals surface area contributed by atoms with Gasteiger partial charge in [-0.1, -0.05) is 52.2 Å². The maximum atomic E-state index is 11.6. The van der Waals surface area contributed by atoms with Crippen LogP contribution in [0.5, 0.6) is 0 Å². The van der Waals surface area contributed by atoms with Gasteiger partial charge < -0.3 is 10.6 Å². The highest BCUT2D eigenvalue weighted by atomic mass is 16.2. The second-order valence-electron chi connectivity index (χ2n) is 4.27. The third-order valence-corrected chi connectivity index (χ3v) is 2.79. The molecule has 0 aliphatic carbocycles. The van der Waals surface area contributed by atoms with Crippen LogP contribution in [-0.2, 0) is 9.59 Å². The molecule has 0 aromatic rings. The number of primary amides is 1. The van der Waals surface area contributed by atoms with Crippen LogP contribution in [0.25, 0.3) is 0 Å². The lowest BCUT2D eigenvalue weighted by atomic mass is 10.1. The van der Waals surface area contributed by atoms with E-state index in [4.69, 9.17) is 5.73 Å². The van der Waals surface area contributed by atoms with Crippen LogP contribution in [0.2, 0.25) is 0 Å². The third kappa shape index (κ3) is 6.23. The Morgan fingerprint density at radius 2 is 1.72 bits per heavy atom. The summed E-state index contributed by atoms with van der Waals surface area (Å²) in [5.74, 6) is -0.997. The van der Waals surface area contributed by atoms with Crippen molar-refractivity contribution in [3.8, 4) is 0 Å². The Labute approximate surface area is 110 Å². The minimum atomic E-state index is -0.670. The molecule has 0 aromatic heterocycles. The first-order valence-electron chi connectivity index (χ1n) is 6.47. The van der Waals surface area contributed by atoms with E-state index >= 15 is 0 Å². The Morgan fingerprint density at radius 3 is 2.22 bits per heavy atom.